The highest BCUT2D eigenvalue weighted by molar-refractivity contribution is 7.99. The Balaban J connectivity index is 2.02. The molecule has 0 aliphatic rings. The molecule has 0 aliphatic heterocycles. The van der Waals surface area contributed by atoms with E-state index in [0.717, 1.165) is 27.5 Å². The molecule has 1 aromatic heterocycles. The van der Waals surface area contributed by atoms with E-state index in [1.807, 2.05) is 24.3 Å². The second-order valence-electron chi connectivity index (χ2n) is 6.10. The van der Waals surface area contributed by atoms with Gasteiger partial charge < -0.3 is 9.84 Å². The van der Waals surface area contributed by atoms with Gasteiger partial charge in [-0.15, -0.1) is 10.2 Å². The molecule has 0 saturated heterocycles. The maximum atomic E-state index is 8.82. The van der Waals surface area contributed by atoms with Crippen LogP contribution in [0.5, 0.6) is 0 Å². The number of halogens is 1. The predicted octanol–water partition coefficient (Wildman–Crippen LogP) is 4.31. The Bertz CT molecular complexity index is 914. The van der Waals surface area contributed by atoms with Gasteiger partial charge in [0.05, 0.1) is 30.5 Å². The number of aromatic nitrogens is 3. The van der Waals surface area contributed by atoms with Crippen LogP contribution in [0.25, 0.3) is 17.1 Å². The van der Waals surface area contributed by atoms with Crippen LogP contribution in [0.4, 0.5) is 0 Å². The van der Waals surface area contributed by atoms with Crippen LogP contribution in [0.3, 0.4) is 0 Å². The van der Waals surface area contributed by atoms with Crippen molar-refractivity contribution in [3.63, 3.8) is 0 Å². The first-order chi connectivity index (χ1) is 13.1. The van der Waals surface area contributed by atoms with E-state index in [1.54, 1.807) is 11.8 Å². The molecule has 142 valence electrons. The quantitative estimate of drug-likeness (QED) is 0.448. The first-order valence-electron chi connectivity index (χ1n) is 8.71. The summed E-state index contributed by atoms with van der Waals surface area (Å²) in [6.07, 6.45) is 0. The van der Waals surface area contributed by atoms with E-state index in [1.165, 1.54) is 0 Å². The van der Waals surface area contributed by atoms with Gasteiger partial charge in [-0.3, -0.25) is 4.57 Å². The molecule has 0 saturated carbocycles. The van der Waals surface area contributed by atoms with E-state index in [0.29, 0.717) is 29.8 Å². The summed E-state index contributed by atoms with van der Waals surface area (Å²) in [7, 11) is 0. The number of rotatable bonds is 8. The van der Waals surface area contributed by atoms with Crippen molar-refractivity contribution in [2.45, 2.75) is 19.0 Å². The van der Waals surface area contributed by atoms with Gasteiger partial charge in [-0.2, -0.15) is 0 Å². The molecule has 0 aliphatic carbocycles. The van der Waals surface area contributed by atoms with Crippen molar-refractivity contribution >= 4 is 23.4 Å². The molecular weight excluding hydrogens is 382 g/mol. The van der Waals surface area contributed by atoms with Gasteiger partial charge in [0.1, 0.15) is 0 Å². The van der Waals surface area contributed by atoms with Crippen LogP contribution in [0, 0.1) is 13.8 Å². The second-order valence-corrected chi connectivity index (χ2v) is 7.57. The summed E-state index contributed by atoms with van der Waals surface area (Å²) >= 11 is 8.00. The van der Waals surface area contributed by atoms with Crippen LogP contribution in [0.1, 0.15) is 11.1 Å². The monoisotopic (exact) mass is 403 g/mol. The van der Waals surface area contributed by atoms with E-state index >= 15 is 0 Å². The summed E-state index contributed by atoms with van der Waals surface area (Å²) in [5, 5.41) is 19.1. The summed E-state index contributed by atoms with van der Waals surface area (Å²) in [4.78, 5) is 0. The zero-order valence-electron chi connectivity index (χ0n) is 15.4. The number of hydrogen-bond donors (Lipinski definition) is 1. The Morgan fingerprint density at radius 3 is 2.70 bits per heavy atom. The molecule has 2 aromatic carbocycles. The predicted molar refractivity (Wildman–Crippen MR) is 110 cm³/mol. The van der Waals surface area contributed by atoms with Gasteiger partial charge in [0.25, 0.3) is 0 Å². The molecule has 27 heavy (non-hydrogen) atoms. The minimum Gasteiger partial charge on any atom is -0.394 e. The largest absolute Gasteiger partial charge is 0.394 e. The van der Waals surface area contributed by atoms with E-state index in [2.05, 4.69) is 46.8 Å². The van der Waals surface area contributed by atoms with Crippen molar-refractivity contribution in [3.05, 3.63) is 58.6 Å². The first kappa shape index (κ1) is 19.9. The smallest absolute Gasteiger partial charge is 0.196 e. The minimum absolute atomic E-state index is 0.0278. The summed E-state index contributed by atoms with van der Waals surface area (Å²) in [6, 6.07) is 14.0. The van der Waals surface area contributed by atoms with Crippen molar-refractivity contribution in [2.75, 3.05) is 25.6 Å². The Morgan fingerprint density at radius 2 is 1.93 bits per heavy atom. The Labute approximate surface area is 168 Å². The molecule has 0 radical (unpaired) electrons. The summed E-state index contributed by atoms with van der Waals surface area (Å²) < 4.78 is 7.41. The Morgan fingerprint density at radius 1 is 1.11 bits per heavy atom. The van der Waals surface area contributed by atoms with Gasteiger partial charge in [0.2, 0.25) is 0 Å². The standard InChI is InChI=1S/C20H22ClN3O2S/c1-14-7-8-15(2)18(13-14)24-19(16-5-3-4-6-17(16)21)22-23-20(24)27-12-11-26-10-9-25/h3-8,13,25H,9-12H2,1-2H3. The Hall–Kier alpha value is -1.86. The second kappa shape index (κ2) is 9.37. The molecule has 0 amide bonds. The van der Waals surface area contributed by atoms with Gasteiger partial charge in [0.15, 0.2) is 11.0 Å². The highest BCUT2D eigenvalue weighted by Crippen LogP contribution is 2.33. The highest BCUT2D eigenvalue weighted by atomic mass is 35.5. The van der Waals surface area contributed by atoms with Gasteiger partial charge >= 0.3 is 0 Å². The zero-order chi connectivity index (χ0) is 19.2. The maximum Gasteiger partial charge on any atom is 0.196 e. The molecule has 0 atom stereocenters. The molecule has 3 rings (SSSR count). The van der Waals surface area contributed by atoms with Crippen LogP contribution in [-0.4, -0.2) is 45.4 Å². The summed E-state index contributed by atoms with van der Waals surface area (Å²) in [6.45, 7) is 5.05. The Kier molecular flexibility index (Phi) is 6.90. The molecule has 0 unspecified atom stereocenters. The third kappa shape index (κ3) is 4.71. The molecule has 0 spiro atoms. The normalized spacial score (nSPS) is 11.1. The average molecular weight is 404 g/mol. The van der Waals surface area contributed by atoms with Crippen LogP contribution >= 0.6 is 23.4 Å². The molecule has 5 nitrogen and oxygen atoms in total. The van der Waals surface area contributed by atoms with Crippen molar-refractivity contribution in [2.24, 2.45) is 0 Å². The molecule has 3 aromatic rings. The lowest BCUT2D eigenvalue weighted by atomic mass is 10.1. The number of aliphatic hydroxyl groups excluding tert-OH is 1. The average Bonchev–Trinajstić information content (AvgIpc) is 3.07. The molecule has 0 bridgehead atoms. The van der Waals surface area contributed by atoms with Gasteiger partial charge in [0, 0.05) is 11.3 Å². The number of ether oxygens (including phenoxy) is 1. The van der Waals surface area contributed by atoms with E-state index in [-0.39, 0.29) is 6.61 Å². The molecule has 0 fully saturated rings. The zero-order valence-corrected chi connectivity index (χ0v) is 16.9. The molecule has 1 heterocycles. The van der Waals surface area contributed by atoms with Crippen molar-refractivity contribution < 1.29 is 9.84 Å². The van der Waals surface area contributed by atoms with Crippen molar-refractivity contribution in [3.8, 4) is 17.1 Å². The fourth-order valence-corrected chi connectivity index (χ4v) is 3.73. The topological polar surface area (TPSA) is 60.2 Å². The van der Waals surface area contributed by atoms with Crippen molar-refractivity contribution in [1.82, 2.24) is 14.8 Å². The lowest BCUT2D eigenvalue weighted by molar-refractivity contribution is 0.103. The van der Waals surface area contributed by atoms with Gasteiger partial charge in [-0.05, 0) is 43.2 Å². The van der Waals surface area contributed by atoms with Crippen LogP contribution in [0.15, 0.2) is 47.6 Å². The summed E-state index contributed by atoms with van der Waals surface area (Å²) in [5.74, 6) is 1.43. The van der Waals surface area contributed by atoms with Crippen LogP contribution < -0.4 is 0 Å². The lowest BCUT2D eigenvalue weighted by Gasteiger charge is -2.14. The van der Waals surface area contributed by atoms with Gasteiger partial charge in [-0.25, -0.2) is 0 Å². The number of thioether (sulfide) groups is 1. The molecular formula is C20H22ClN3O2S. The molecule has 1 N–H and O–H groups in total. The summed E-state index contributed by atoms with van der Waals surface area (Å²) in [5.41, 5.74) is 4.17. The van der Waals surface area contributed by atoms with E-state index < -0.39 is 0 Å². The van der Waals surface area contributed by atoms with Gasteiger partial charge in [-0.1, -0.05) is 47.6 Å². The first-order valence-corrected chi connectivity index (χ1v) is 10.1. The van der Waals surface area contributed by atoms with E-state index in [4.69, 9.17) is 21.4 Å². The minimum atomic E-state index is 0.0278. The van der Waals surface area contributed by atoms with E-state index in [9.17, 15) is 0 Å². The third-order valence-corrected chi connectivity index (χ3v) is 5.27. The maximum absolute atomic E-state index is 8.82. The third-order valence-electron chi connectivity index (χ3n) is 4.05. The van der Waals surface area contributed by atoms with Crippen LogP contribution in [0.2, 0.25) is 5.02 Å². The van der Waals surface area contributed by atoms with Crippen molar-refractivity contribution in [1.29, 1.82) is 0 Å². The number of benzene rings is 2. The van der Waals surface area contributed by atoms with Crippen LogP contribution in [-0.2, 0) is 4.74 Å². The number of hydrogen-bond acceptors (Lipinski definition) is 5. The fourth-order valence-electron chi connectivity index (χ4n) is 2.72. The SMILES string of the molecule is Cc1ccc(C)c(-n2c(SCCOCCO)nnc2-c2ccccc2Cl)c1. The number of aliphatic hydroxyl groups is 1. The fraction of sp³-hybridized carbons (Fsp3) is 0.300. The number of aryl methyl sites for hydroxylation is 2. The lowest BCUT2D eigenvalue weighted by Crippen LogP contribution is -2.05. The molecule has 7 heteroatoms. The highest BCUT2D eigenvalue weighted by Gasteiger charge is 2.19. The number of nitrogens with zero attached hydrogens (tertiary/aromatic N) is 3.